The van der Waals surface area contributed by atoms with Gasteiger partial charge in [-0.05, 0) is 24.3 Å². The number of fused-ring (bicyclic) bond motifs is 3. The minimum absolute atomic E-state index is 0.193. The molecule has 124 valence electrons. The van der Waals surface area contributed by atoms with Crippen molar-refractivity contribution in [3.05, 3.63) is 66.2 Å². The number of rotatable bonds is 3. The van der Waals surface area contributed by atoms with Gasteiger partial charge in [-0.15, -0.1) is 0 Å². The number of para-hydroxylation sites is 1. The first-order valence-electron chi connectivity index (χ1n) is 7.38. The fourth-order valence-electron chi connectivity index (χ4n) is 2.91. The molecule has 0 bridgehead atoms. The first-order chi connectivity index (χ1) is 11.6. The summed E-state index contributed by atoms with van der Waals surface area (Å²) in [6, 6.07) is 15.5. The minimum atomic E-state index is -3.80. The Morgan fingerprint density at radius 1 is 1.00 bits per heavy atom. The second kappa shape index (κ2) is 5.71. The third kappa shape index (κ3) is 2.25. The summed E-state index contributed by atoms with van der Waals surface area (Å²) in [5.41, 5.74) is 2.05. The molecule has 0 aliphatic carbocycles. The Balaban J connectivity index is 1.88. The van der Waals surface area contributed by atoms with Crippen molar-refractivity contribution in [1.82, 2.24) is 0 Å². The van der Waals surface area contributed by atoms with Crippen LogP contribution in [0.3, 0.4) is 0 Å². The maximum atomic E-state index is 13.1. The molecule has 2 aliphatic rings. The zero-order valence-electron chi connectivity index (χ0n) is 12.8. The lowest BCUT2D eigenvalue weighted by Gasteiger charge is -2.29. The van der Waals surface area contributed by atoms with Crippen LogP contribution in [0.4, 0.5) is 5.69 Å². The molecule has 0 radical (unpaired) electrons. The van der Waals surface area contributed by atoms with Crippen molar-refractivity contribution in [2.24, 2.45) is 0 Å². The Labute approximate surface area is 139 Å². The van der Waals surface area contributed by atoms with E-state index in [1.54, 1.807) is 48.5 Å². The number of hydrogen-bond acceptors (Lipinski definition) is 5. The van der Waals surface area contributed by atoms with Gasteiger partial charge in [0.2, 0.25) is 12.5 Å². The van der Waals surface area contributed by atoms with Gasteiger partial charge in [0, 0.05) is 18.2 Å². The number of anilines is 1. The highest BCUT2D eigenvalue weighted by Gasteiger charge is 2.45. The van der Waals surface area contributed by atoms with Crippen molar-refractivity contribution in [2.75, 3.05) is 11.4 Å². The van der Waals surface area contributed by atoms with Gasteiger partial charge >= 0.3 is 0 Å². The van der Waals surface area contributed by atoms with E-state index in [0.717, 1.165) is 5.56 Å². The van der Waals surface area contributed by atoms with Gasteiger partial charge in [0.1, 0.15) is 0 Å². The molecule has 24 heavy (non-hydrogen) atoms. The molecule has 2 aromatic carbocycles. The molecular formula is C17H15NO5S. The largest absolute Gasteiger partial charge is 0.350 e. The van der Waals surface area contributed by atoms with E-state index < -0.39 is 22.5 Å². The second-order valence-corrected chi connectivity index (χ2v) is 7.22. The average Bonchev–Trinajstić information content (AvgIpc) is 2.96. The normalized spacial score (nSPS) is 22.7. The Kier molecular flexibility index (Phi) is 3.65. The maximum Gasteiger partial charge on any atom is 0.266 e. The van der Waals surface area contributed by atoms with Crippen LogP contribution in [0.25, 0.3) is 5.57 Å². The quantitative estimate of drug-likeness (QED) is 0.800. The van der Waals surface area contributed by atoms with E-state index >= 15 is 0 Å². The molecule has 7 heteroatoms. The van der Waals surface area contributed by atoms with Crippen molar-refractivity contribution in [3.63, 3.8) is 0 Å². The van der Waals surface area contributed by atoms with Crippen molar-refractivity contribution < 1.29 is 22.9 Å². The van der Waals surface area contributed by atoms with Crippen LogP contribution in [0.1, 0.15) is 5.56 Å². The lowest BCUT2D eigenvalue weighted by molar-refractivity contribution is -0.376. The monoisotopic (exact) mass is 345 g/mol. The highest BCUT2D eigenvalue weighted by molar-refractivity contribution is 7.93. The molecule has 0 aromatic heterocycles. The standard InChI is InChI=1S/C17H15NO5S/c1-21-16-11-14-13-9-5-6-10-15(13)18(17(14)23-22-16)24(19,20)12-7-3-2-4-8-12/h2-11,16-17H,1H3/t16-,17-/m0/s1. The van der Waals surface area contributed by atoms with Gasteiger partial charge in [-0.2, -0.15) is 4.89 Å². The van der Waals surface area contributed by atoms with E-state index in [-0.39, 0.29) is 4.90 Å². The first-order valence-corrected chi connectivity index (χ1v) is 8.82. The summed E-state index contributed by atoms with van der Waals surface area (Å²) in [4.78, 5) is 10.7. The van der Waals surface area contributed by atoms with Crippen LogP contribution in [0.5, 0.6) is 0 Å². The second-order valence-electron chi connectivity index (χ2n) is 5.40. The van der Waals surface area contributed by atoms with Gasteiger partial charge in [0.05, 0.1) is 10.6 Å². The van der Waals surface area contributed by atoms with Crippen molar-refractivity contribution >= 4 is 21.3 Å². The van der Waals surface area contributed by atoms with Gasteiger partial charge in [-0.1, -0.05) is 36.4 Å². The van der Waals surface area contributed by atoms with Crippen LogP contribution >= 0.6 is 0 Å². The highest BCUT2D eigenvalue weighted by atomic mass is 32.2. The zero-order valence-corrected chi connectivity index (χ0v) is 13.6. The lowest BCUT2D eigenvalue weighted by atomic mass is 10.1. The first kappa shape index (κ1) is 15.3. The molecule has 6 nitrogen and oxygen atoms in total. The number of nitrogens with zero attached hydrogens (tertiary/aromatic N) is 1. The molecule has 0 N–H and O–H groups in total. The predicted molar refractivity (Wildman–Crippen MR) is 87.3 cm³/mol. The Morgan fingerprint density at radius 3 is 2.46 bits per heavy atom. The van der Waals surface area contributed by atoms with Crippen LogP contribution in [0, 0.1) is 0 Å². The summed E-state index contributed by atoms with van der Waals surface area (Å²) in [5, 5.41) is 0. The molecular weight excluding hydrogens is 330 g/mol. The van der Waals surface area contributed by atoms with E-state index in [2.05, 4.69) is 0 Å². The average molecular weight is 345 g/mol. The smallest absolute Gasteiger partial charge is 0.266 e. The van der Waals surface area contributed by atoms with Gasteiger partial charge < -0.3 is 4.74 Å². The molecule has 0 saturated carbocycles. The van der Waals surface area contributed by atoms with Gasteiger partial charge in [-0.25, -0.2) is 17.6 Å². The van der Waals surface area contributed by atoms with E-state index in [0.29, 0.717) is 11.3 Å². The molecule has 2 atom stereocenters. The molecule has 2 heterocycles. The van der Waals surface area contributed by atoms with Crippen molar-refractivity contribution in [3.8, 4) is 0 Å². The number of benzene rings is 2. The molecule has 4 rings (SSSR count). The summed E-state index contributed by atoms with van der Waals surface area (Å²) in [6.07, 6.45) is 0.177. The van der Waals surface area contributed by atoms with E-state index in [4.69, 9.17) is 14.5 Å². The van der Waals surface area contributed by atoms with Crippen LogP contribution in [-0.2, 0) is 24.5 Å². The van der Waals surface area contributed by atoms with Gasteiger partial charge in [-0.3, -0.25) is 0 Å². The summed E-state index contributed by atoms with van der Waals surface area (Å²) in [7, 11) is -2.31. The SMILES string of the molecule is CO[C@@H]1C=C2c3ccccc3N(S(=O)(=O)c3ccccc3)[C@H]2OO1. The Bertz CT molecular complexity index is 894. The van der Waals surface area contributed by atoms with Gasteiger partial charge in [0.15, 0.2) is 0 Å². The summed E-state index contributed by atoms with van der Waals surface area (Å²) in [6.45, 7) is 0. The molecule has 0 amide bonds. The Morgan fingerprint density at radius 2 is 1.71 bits per heavy atom. The highest BCUT2D eigenvalue weighted by Crippen LogP contribution is 2.45. The van der Waals surface area contributed by atoms with Crippen molar-refractivity contribution in [2.45, 2.75) is 17.4 Å². The molecule has 0 unspecified atom stereocenters. The minimum Gasteiger partial charge on any atom is -0.350 e. The summed E-state index contributed by atoms with van der Waals surface area (Å²) in [5.74, 6) is 0. The van der Waals surface area contributed by atoms with E-state index in [1.807, 2.05) is 12.1 Å². The Hall–Kier alpha value is -2.19. The van der Waals surface area contributed by atoms with E-state index in [1.165, 1.54) is 11.4 Å². The molecule has 0 fully saturated rings. The summed E-state index contributed by atoms with van der Waals surface area (Å²) >= 11 is 0. The number of methoxy groups -OCH3 is 1. The van der Waals surface area contributed by atoms with Gasteiger partial charge in [0.25, 0.3) is 10.0 Å². The van der Waals surface area contributed by atoms with Crippen LogP contribution < -0.4 is 4.31 Å². The zero-order chi connectivity index (χ0) is 16.7. The number of hydrogen-bond donors (Lipinski definition) is 0. The lowest BCUT2D eigenvalue weighted by Crippen LogP contribution is -2.41. The maximum absolute atomic E-state index is 13.1. The van der Waals surface area contributed by atoms with E-state index in [9.17, 15) is 8.42 Å². The fraction of sp³-hybridized carbons (Fsp3) is 0.176. The molecule has 0 spiro atoms. The van der Waals surface area contributed by atoms with Crippen LogP contribution in [0.2, 0.25) is 0 Å². The van der Waals surface area contributed by atoms with Crippen LogP contribution in [-0.4, -0.2) is 28.0 Å². The predicted octanol–water partition coefficient (Wildman–Crippen LogP) is 2.54. The topological polar surface area (TPSA) is 65.1 Å². The third-order valence-corrected chi connectivity index (χ3v) is 5.79. The van der Waals surface area contributed by atoms with Crippen molar-refractivity contribution in [1.29, 1.82) is 0 Å². The molecule has 2 aromatic rings. The number of sulfonamides is 1. The fourth-order valence-corrected chi connectivity index (χ4v) is 4.46. The third-order valence-electron chi connectivity index (χ3n) is 4.02. The molecule has 0 saturated heterocycles. The molecule has 2 aliphatic heterocycles. The summed E-state index contributed by atoms with van der Waals surface area (Å²) < 4.78 is 32.6. The van der Waals surface area contributed by atoms with Crippen LogP contribution in [0.15, 0.2) is 65.6 Å². The number of ether oxygens (including phenoxy) is 1.